The van der Waals surface area contributed by atoms with Gasteiger partial charge in [0.15, 0.2) is 0 Å². The van der Waals surface area contributed by atoms with Crippen molar-refractivity contribution in [2.24, 2.45) is 5.92 Å². The second kappa shape index (κ2) is 7.09. The van der Waals surface area contributed by atoms with E-state index in [4.69, 9.17) is 4.74 Å². The molecule has 1 heterocycles. The van der Waals surface area contributed by atoms with Crippen molar-refractivity contribution in [3.05, 3.63) is 54.6 Å². The highest BCUT2D eigenvalue weighted by molar-refractivity contribution is 5.91. The number of benzene rings is 2. The van der Waals surface area contributed by atoms with Gasteiger partial charge in [-0.3, -0.25) is 5.32 Å². The zero-order chi connectivity index (χ0) is 15.2. The van der Waals surface area contributed by atoms with Crippen LogP contribution in [-0.4, -0.2) is 25.8 Å². The van der Waals surface area contributed by atoms with Crippen molar-refractivity contribution in [3.63, 3.8) is 0 Å². The first-order chi connectivity index (χ1) is 10.8. The van der Waals surface area contributed by atoms with Gasteiger partial charge in [0.25, 0.3) is 0 Å². The first-order valence-corrected chi connectivity index (χ1v) is 7.62. The summed E-state index contributed by atoms with van der Waals surface area (Å²) in [5.41, 5.74) is 2.82. The molecule has 3 rings (SSSR count). The Morgan fingerprint density at radius 1 is 1.14 bits per heavy atom. The number of carbonyl (C=O) groups excluding carboxylic acids is 1. The first-order valence-electron chi connectivity index (χ1n) is 7.62. The third kappa shape index (κ3) is 3.65. The van der Waals surface area contributed by atoms with Gasteiger partial charge in [-0.2, -0.15) is 0 Å². The Morgan fingerprint density at radius 2 is 1.91 bits per heavy atom. The van der Waals surface area contributed by atoms with Crippen LogP contribution in [0.1, 0.15) is 6.42 Å². The van der Waals surface area contributed by atoms with E-state index >= 15 is 0 Å². The van der Waals surface area contributed by atoms with Gasteiger partial charge in [-0.25, -0.2) is 4.79 Å². The normalized spacial score (nSPS) is 17.2. The summed E-state index contributed by atoms with van der Waals surface area (Å²) in [7, 11) is 0. The number of para-hydroxylation sites is 1. The van der Waals surface area contributed by atoms with Crippen LogP contribution >= 0.6 is 0 Å². The van der Waals surface area contributed by atoms with Gasteiger partial charge in [0.2, 0.25) is 0 Å². The molecular formula is C18H20N2O2. The van der Waals surface area contributed by atoms with E-state index in [0.29, 0.717) is 12.5 Å². The average Bonchev–Trinajstić information content (AvgIpc) is 3.08. The minimum absolute atomic E-state index is 0.393. The fraction of sp³-hybridized carbons (Fsp3) is 0.278. The molecule has 1 saturated heterocycles. The molecule has 2 aromatic rings. The molecule has 0 bridgehead atoms. The predicted octanol–water partition coefficient (Wildman–Crippen LogP) is 3.51. The molecular weight excluding hydrogens is 276 g/mol. The summed E-state index contributed by atoms with van der Waals surface area (Å²) >= 11 is 0. The molecule has 22 heavy (non-hydrogen) atoms. The Bertz CT molecular complexity index is 622. The van der Waals surface area contributed by atoms with Crippen LogP contribution in [0.4, 0.5) is 10.5 Å². The molecule has 2 aromatic carbocycles. The fourth-order valence-electron chi connectivity index (χ4n) is 2.66. The summed E-state index contributed by atoms with van der Waals surface area (Å²) in [5.74, 6) is 0.426. The van der Waals surface area contributed by atoms with E-state index in [1.165, 1.54) is 0 Å². The highest BCUT2D eigenvalue weighted by atomic mass is 16.5. The van der Waals surface area contributed by atoms with Crippen LogP contribution in [0.5, 0.6) is 0 Å². The van der Waals surface area contributed by atoms with Gasteiger partial charge in [0.1, 0.15) is 0 Å². The second-order valence-corrected chi connectivity index (χ2v) is 5.49. The monoisotopic (exact) mass is 296 g/mol. The lowest BCUT2D eigenvalue weighted by Gasteiger charge is -2.13. The number of nitrogens with one attached hydrogen (secondary N) is 2. The number of hydrogen-bond acceptors (Lipinski definition) is 3. The molecule has 0 aliphatic carbocycles. The summed E-state index contributed by atoms with van der Waals surface area (Å²) in [6.07, 6.45) is 0.670. The molecule has 1 aliphatic rings. The van der Waals surface area contributed by atoms with Crippen molar-refractivity contribution in [1.29, 1.82) is 0 Å². The second-order valence-electron chi connectivity index (χ2n) is 5.49. The van der Waals surface area contributed by atoms with Crippen molar-refractivity contribution < 1.29 is 9.53 Å². The van der Waals surface area contributed by atoms with Crippen molar-refractivity contribution >= 4 is 11.8 Å². The van der Waals surface area contributed by atoms with E-state index in [1.807, 2.05) is 54.6 Å². The molecule has 4 heteroatoms. The zero-order valence-electron chi connectivity index (χ0n) is 12.4. The molecule has 4 nitrogen and oxygen atoms in total. The Hall–Kier alpha value is -2.33. The Morgan fingerprint density at radius 3 is 2.68 bits per heavy atom. The van der Waals surface area contributed by atoms with Crippen LogP contribution in [0.3, 0.4) is 0 Å². The highest BCUT2D eigenvalue weighted by Gasteiger charge is 2.17. The topological polar surface area (TPSA) is 50.4 Å². The minimum Gasteiger partial charge on any atom is -0.449 e. The van der Waals surface area contributed by atoms with Crippen LogP contribution in [0.15, 0.2) is 54.6 Å². The van der Waals surface area contributed by atoms with Crippen molar-refractivity contribution in [3.8, 4) is 11.1 Å². The maximum absolute atomic E-state index is 12.0. The van der Waals surface area contributed by atoms with Crippen LogP contribution in [0.2, 0.25) is 0 Å². The SMILES string of the molecule is O=C(Nc1ccccc1-c1ccccc1)OC[C@@H]1CCNC1. The zero-order valence-corrected chi connectivity index (χ0v) is 12.4. The Labute approximate surface area is 130 Å². The average molecular weight is 296 g/mol. The van der Waals surface area contributed by atoms with Crippen LogP contribution in [0, 0.1) is 5.92 Å². The van der Waals surface area contributed by atoms with Crippen LogP contribution in [-0.2, 0) is 4.74 Å². The molecule has 114 valence electrons. The summed E-state index contributed by atoms with van der Waals surface area (Å²) in [5, 5.41) is 6.12. The highest BCUT2D eigenvalue weighted by Crippen LogP contribution is 2.27. The quantitative estimate of drug-likeness (QED) is 0.907. The van der Waals surface area contributed by atoms with Gasteiger partial charge in [-0.05, 0) is 24.6 Å². The molecule has 1 amide bonds. The van der Waals surface area contributed by atoms with Gasteiger partial charge in [-0.1, -0.05) is 48.5 Å². The van der Waals surface area contributed by atoms with Gasteiger partial charge >= 0.3 is 6.09 Å². The Kier molecular flexibility index (Phi) is 4.71. The maximum atomic E-state index is 12.0. The lowest BCUT2D eigenvalue weighted by Crippen LogP contribution is -2.20. The summed E-state index contributed by atoms with van der Waals surface area (Å²) in [4.78, 5) is 12.0. The van der Waals surface area contributed by atoms with E-state index in [1.54, 1.807) is 0 Å². The van der Waals surface area contributed by atoms with E-state index in [-0.39, 0.29) is 0 Å². The summed E-state index contributed by atoms with van der Waals surface area (Å²) in [6.45, 7) is 2.40. The third-order valence-electron chi connectivity index (χ3n) is 3.86. The number of ether oxygens (including phenoxy) is 1. The van der Waals surface area contributed by atoms with Crippen molar-refractivity contribution in [2.75, 3.05) is 25.0 Å². The van der Waals surface area contributed by atoms with Gasteiger partial charge < -0.3 is 10.1 Å². The third-order valence-corrected chi connectivity index (χ3v) is 3.86. The molecule has 2 N–H and O–H groups in total. The van der Waals surface area contributed by atoms with E-state index in [9.17, 15) is 4.79 Å². The van der Waals surface area contributed by atoms with E-state index < -0.39 is 6.09 Å². The van der Waals surface area contributed by atoms with E-state index in [2.05, 4.69) is 10.6 Å². The number of amides is 1. The molecule has 0 saturated carbocycles. The van der Waals surface area contributed by atoms with Gasteiger partial charge in [0.05, 0.1) is 12.3 Å². The standard InChI is InChI=1S/C18H20N2O2/c21-18(22-13-14-10-11-19-12-14)20-17-9-5-4-8-16(17)15-6-2-1-3-7-15/h1-9,14,19H,10-13H2,(H,20,21)/t14-/m1/s1. The predicted molar refractivity (Wildman–Crippen MR) is 87.8 cm³/mol. The van der Waals surface area contributed by atoms with Gasteiger partial charge in [-0.15, -0.1) is 0 Å². The molecule has 1 fully saturated rings. The first kappa shape index (κ1) is 14.6. The fourth-order valence-corrected chi connectivity index (χ4v) is 2.66. The molecule has 0 aromatic heterocycles. The molecule has 0 unspecified atom stereocenters. The van der Waals surface area contributed by atoms with Crippen molar-refractivity contribution in [1.82, 2.24) is 5.32 Å². The summed E-state index contributed by atoms with van der Waals surface area (Å²) < 4.78 is 5.33. The Balaban J connectivity index is 1.66. The molecule has 1 aliphatic heterocycles. The van der Waals surface area contributed by atoms with Crippen LogP contribution < -0.4 is 10.6 Å². The minimum atomic E-state index is -0.393. The summed E-state index contributed by atoms with van der Waals surface area (Å²) in [6, 6.07) is 17.7. The lowest BCUT2D eigenvalue weighted by molar-refractivity contribution is 0.144. The number of hydrogen-bond donors (Lipinski definition) is 2. The molecule has 0 radical (unpaired) electrons. The number of anilines is 1. The molecule has 1 atom stereocenters. The van der Waals surface area contributed by atoms with Crippen LogP contribution in [0.25, 0.3) is 11.1 Å². The van der Waals surface area contributed by atoms with Crippen molar-refractivity contribution in [2.45, 2.75) is 6.42 Å². The smallest absolute Gasteiger partial charge is 0.411 e. The lowest BCUT2D eigenvalue weighted by atomic mass is 10.0. The largest absolute Gasteiger partial charge is 0.449 e. The molecule has 0 spiro atoms. The van der Waals surface area contributed by atoms with Gasteiger partial charge in [0, 0.05) is 18.0 Å². The maximum Gasteiger partial charge on any atom is 0.411 e. The van der Waals surface area contributed by atoms with E-state index in [0.717, 1.165) is 36.3 Å². The number of carbonyl (C=O) groups is 1. The number of rotatable bonds is 4.